The average molecular weight is 481 g/mol. The maximum atomic E-state index is 13.1. The first kappa shape index (κ1) is 24.9. The summed E-state index contributed by atoms with van der Waals surface area (Å²) in [5, 5.41) is 15.8. The number of aliphatic imine (C=N–C) groups is 1. The van der Waals surface area contributed by atoms with E-state index >= 15 is 0 Å². The van der Waals surface area contributed by atoms with Crippen molar-refractivity contribution >= 4 is 29.9 Å². The van der Waals surface area contributed by atoms with Crippen molar-refractivity contribution in [2.45, 2.75) is 40.0 Å². The third-order valence-electron chi connectivity index (χ3n) is 4.52. The molecular formula is C19H33FIN3O2. The van der Waals surface area contributed by atoms with Crippen molar-refractivity contribution in [3.05, 3.63) is 30.1 Å². The molecule has 0 unspecified atom stereocenters. The number of hydrogen-bond donors (Lipinski definition) is 3. The number of benzene rings is 1. The Kier molecular flexibility index (Phi) is 13.4. The monoisotopic (exact) mass is 481 g/mol. The highest BCUT2D eigenvalue weighted by Gasteiger charge is 2.25. The van der Waals surface area contributed by atoms with Crippen LogP contribution in [0.1, 0.15) is 40.0 Å². The number of aliphatic hydroxyl groups is 1. The summed E-state index contributed by atoms with van der Waals surface area (Å²) in [5.41, 5.74) is 0.0369. The van der Waals surface area contributed by atoms with Gasteiger partial charge in [0.1, 0.15) is 18.2 Å². The summed E-state index contributed by atoms with van der Waals surface area (Å²) in [7, 11) is 0. The molecule has 26 heavy (non-hydrogen) atoms. The van der Waals surface area contributed by atoms with Crippen LogP contribution in [0.25, 0.3) is 0 Å². The Balaban J connectivity index is 0.00000625. The molecule has 7 heteroatoms. The minimum absolute atomic E-state index is 0. The molecule has 0 aliphatic carbocycles. The molecule has 0 saturated carbocycles. The number of aliphatic hydroxyl groups excluding tert-OH is 1. The summed E-state index contributed by atoms with van der Waals surface area (Å²) in [6.07, 6.45) is 2.72. The largest absolute Gasteiger partial charge is 0.492 e. The van der Waals surface area contributed by atoms with E-state index in [1.165, 1.54) is 12.1 Å². The fraction of sp³-hybridized carbons (Fsp3) is 0.632. The van der Waals surface area contributed by atoms with E-state index in [4.69, 9.17) is 4.74 Å². The maximum absolute atomic E-state index is 13.1. The summed E-state index contributed by atoms with van der Waals surface area (Å²) < 4.78 is 18.6. The van der Waals surface area contributed by atoms with Crippen molar-refractivity contribution in [3.63, 3.8) is 0 Å². The van der Waals surface area contributed by atoms with Crippen molar-refractivity contribution < 1.29 is 14.2 Å². The van der Waals surface area contributed by atoms with Gasteiger partial charge in [0, 0.05) is 25.8 Å². The van der Waals surface area contributed by atoms with Crippen LogP contribution in [0.3, 0.4) is 0 Å². The van der Waals surface area contributed by atoms with E-state index in [9.17, 15) is 9.50 Å². The summed E-state index contributed by atoms with van der Waals surface area (Å²) in [6.45, 7) is 8.89. The average Bonchev–Trinajstić information content (AvgIpc) is 2.62. The predicted octanol–water partition coefficient (Wildman–Crippen LogP) is 3.57. The second kappa shape index (κ2) is 14.0. The van der Waals surface area contributed by atoms with E-state index in [-0.39, 0.29) is 41.8 Å². The number of hydrogen-bond acceptors (Lipinski definition) is 3. The fourth-order valence-corrected chi connectivity index (χ4v) is 2.63. The summed E-state index contributed by atoms with van der Waals surface area (Å²) >= 11 is 0. The number of guanidine groups is 1. The second-order valence-electron chi connectivity index (χ2n) is 6.11. The van der Waals surface area contributed by atoms with Crippen LogP contribution in [0.2, 0.25) is 0 Å². The van der Waals surface area contributed by atoms with Gasteiger partial charge in [0.15, 0.2) is 5.96 Å². The molecule has 0 saturated heterocycles. The summed E-state index contributed by atoms with van der Waals surface area (Å²) in [4.78, 5) is 4.67. The molecule has 1 aromatic carbocycles. The molecule has 1 aromatic rings. The van der Waals surface area contributed by atoms with Crippen molar-refractivity contribution in [1.29, 1.82) is 0 Å². The quantitative estimate of drug-likeness (QED) is 0.196. The Bertz CT molecular complexity index is 525. The Hall–Kier alpha value is -1.09. The lowest BCUT2D eigenvalue weighted by atomic mass is 9.79. The number of ether oxygens (including phenoxy) is 1. The highest BCUT2D eigenvalue weighted by Crippen LogP contribution is 2.30. The van der Waals surface area contributed by atoms with Crippen molar-refractivity contribution in [2.75, 3.05) is 32.8 Å². The van der Waals surface area contributed by atoms with Gasteiger partial charge in [0.2, 0.25) is 0 Å². The number of nitrogens with zero attached hydrogens (tertiary/aromatic N) is 1. The Morgan fingerprint density at radius 2 is 1.96 bits per heavy atom. The third-order valence-corrected chi connectivity index (χ3v) is 4.52. The van der Waals surface area contributed by atoms with Gasteiger partial charge in [0.25, 0.3) is 0 Å². The fourth-order valence-electron chi connectivity index (χ4n) is 2.63. The molecule has 0 radical (unpaired) electrons. The molecular weight excluding hydrogens is 448 g/mol. The second-order valence-corrected chi connectivity index (χ2v) is 6.11. The van der Waals surface area contributed by atoms with Gasteiger partial charge in [-0.1, -0.05) is 19.9 Å². The first-order valence-corrected chi connectivity index (χ1v) is 9.10. The zero-order valence-electron chi connectivity index (χ0n) is 16.1. The molecule has 0 aromatic heterocycles. The molecule has 0 amide bonds. The number of halogens is 2. The molecule has 0 heterocycles. The van der Waals surface area contributed by atoms with E-state index in [0.29, 0.717) is 25.4 Å². The maximum Gasteiger partial charge on any atom is 0.191 e. The number of rotatable bonds is 11. The third kappa shape index (κ3) is 9.02. The molecule has 5 nitrogen and oxygen atoms in total. The van der Waals surface area contributed by atoms with E-state index in [1.807, 2.05) is 6.92 Å². The van der Waals surface area contributed by atoms with Crippen molar-refractivity contribution in [3.8, 4) is 5.75 Å². The predicted molar refractivity (Wildman–Crippen MR) is 116 cm³/mol. The molecule has 0 spiro atoms. The van der Waals surface area contributed by atoms with E-state index in [1.54, 1.807) is 12.1 Å². The highest BCUT2D eigenvalue weighted by atomic mass is 127. The topological polar surface area (TPSA) is 65.9 Å². The van der Waals surface area contributed by atoms with Gasteiger partial charge < -0.3 is 20.5 Å². The van der Waals surface area contributed by atoms with Gasteiger partial charge >= 0.3 is 0 Å². The van der Waals surface area contributed by atoms with Crippen molar-refractivity contribution in [2.24, 2.45) is 10.4 Å². The van der Waals surface area contributed by atoms with Crippen LogP contribution in [0.4, 0.5) is 4.39 Å². The smallest absolute Gasteiger partial charge is 0.191 e. The van der Waals surface area contributed by atoms with Crippen LogP contribution in [-0.2, 0) is 0 Å². The van der Waals surface area contributed by atoms with Crippen LogP contribution in [0, 0.1) is 11.2 Å². The molecule has 0 bridgehead atoms. The molecule has 150 valence electrons. The van der Waals surface area contributed by atoms with E-state index in [0.717, 1.165) is 31.8 Å². The van der Waals surface area contributed by atoms with Crippen LogP contribution in [0.15, 0.2) is 29.3 Å². The van der Waals surface area contributed by atoms with Crippen LogP contribution < -0.4 is 15.4 Å². The van der Waals surface area contributed by atoms with Gasteiger partial charge in [-0.15, -0.1) is 24.0 Å². The highest BCUT2D eigenvalue weighted by molar-refractivity contribution is 14.0. The molecule has 1 rings (SSSR count). The Morgan fingerprint density at radius 1 is 1.23 bits per heavy atom. The standard InChI is InChI=1S/C19H32FN3O2.HI/c1-4-19(5-2,10-12-24)15-23-18(21-6-3)22-11-13-25-17-9-7-8-16(20)14-17;/h7-9,14,24H,4-6,10-13,15H2,1-3H3,(H2,21,22,23);1H. The van der Waals surface area contributed by atoms with Crippen molar-refractivity contribution in [1.82, 2.24) is 10.6 Å². The zero-order valence-corrected chi connectivity index (χ0v) is 18.4. The normalized spacial score (nSPS) is 11.7. The zero-order chi connectivity index (χ0) is 18.5. The van der Waals surface area contributed by atoms with E-state index in [2.05, 4.69) is 29.5 Å². The number of nitrogens with one attached hydrogen (secondary N) is 2. The van der Waals surface area contributed by atoms with Gasteiger partial charge in [-0.3, -0.25) is 4.99 Å². The molecule has 0 aliphatic rings. The molecule has 0 atom stereocenters. The van der Waals surface area contributed by atoms with Crippen LogP contribution in [0.5, 0.6) is 5.75 Å². The Labute approximate surface area is 173 Å². The summed E-state index contributed by atoms with van der Waals surface area (Å²) in [5.74, 6) is 0.942. The lowest BCUT2D eigenvalue weighted by Gasteiger charge is -2.29. The lowest BCUT2D eigenvalue weighted by molar-refractivity contribution is 0.175. The van der Waals surface area contributed by atoms with Gasteiger partial charge in [0.05, 0.1) is 6.54 Å². The Morgan fingerprint density at radius 3 is 2.54 bits per heavy atom. The van der Waals surface area contributed by atoms with Gasteiger partial charge in [-0.05, 0) is 43.7 Å². The summed E-state index contributed by atoms with van der Waals surface area (Å²) in [6, 6.07) is 6.11. The minimum Gasteiger partial charge on any atom is -0.492 e. The SMILES string of the molecule is CCNC(=NCC(CC)(CC)CCO)NCCOc1cccc(F)c1.I. The van der Waals surface area contributed by atoms with Gasteiger partial charge in [-0.2, -0.15) is 0 Å². The van der Waals surface area contributed by atoms with Crippen LogP contribution in [-0.4, -0.2) is 43.9 Å². The minimum atomic E-state index is -0.306. The molecule has 3 N–H and O–H groups in total. The van der Waals surface area contributed by atoms with Gasteiger partial charge in [-0.25, -0.2) is 4.39 Å². The van der Waals surface area contributed by atoms with E-state index < -0.39 is 0 Å². The van der Waals surface area contributed by atoms with Crippen LogP contribution >= 0.6 is 24.0 Å². The first-order valence-electron chi connectivity index (χ1n) is 9.10. The molecule has 0 fully saturated rings. The molecule has 0 aliphatic heterocycles. The lowest BCUT2D eigenvalue weighted by Crippen LogP contribution is -2.40. The first-order chi connectivity index (χ1) is 12.1.